The van der Waals surface area contributed by atoms with Crippen molar-refractivity contribution in [3.63, 3.8) is 0 Å². The van der Waals surface area contributed by atoms with E-state index in [0.717, 1.165) is 23.1 Å². The molecule has 7 nitrogen and oxygen atoms in total. The minimum absolute atomic E-state index is 0.126. The molecule has 2 aromatic carbocycles. The van der Waals surface area contributed by atoms with E-state index in [-0.39, 0.29) is 16.8 Å². The highest BCUT2D eigenvalue weighted by Gasteiger charge is 2.41. The van der Waals surface area contributed by atoms with Crippen LogP contribution in [0.2, 0.25) is 0 Å². The first-order valence-corrected chi connectivity index (χ1v) is 8.70. The second-order valence-corrected chi connectivity index (χ2v) is 6.44. The number of hydrogen-bond donors (Lipinski definition) is 1. The van der Waals surface area contributed by atoms with Crippen LogP contribution in [0.1, 0.15) is 33.2 Å². The van der Waals surface area contributed by atoms with Crippen LogP contribution in [0.15, 0.2) is 48.5 Å². The zero-order valence-corrected chi connectivity index (χ0v) is 15.5. The van der Waals surface area contributed by atoms with E-state index in [1.165, 1.54) is 25.1 Å². The minimum atomic E-state index is -4.57. The number of nitrogens with one attached hydrogen (secondary N) is 1. The zero-order chi connectivity index (χ0) is 22.1. The molecule has 0 saturated heterocycles. The molecule has 2 aromatic rings. The molecule has 0 bridgehead atoms. The standard InChI is InChI=1S/C20H15F3N2O5/c1-11(25-17(27)14-7-2-3-8-15(14)18(25)28)19(29)30-10-16(26)24-13-6-4-5-12(9-13)20(21,22)23/h2-9,11H,10H2,1H3,(H,24,26). The monoisotopic (exact) mass is 420 g/mol. The van der Waals surface area contributed by atoms with Gasteiger partial charge in [-0.25, -0.2) is 4.79 Å². The van der Waals surface area contributed by atoms with Gasteiger partial charge in [0.2, 0.25) is 0 Å². The summed E-state index contributed by atoms with van der Waals surface area (Å²) < 4.78 is 43.0. The van der Waals surface area contributed by atoms with E-state index in [4.69, 9.17) is 4.74 Å². The summed E-state index contributed by atoms with van der Waals surface area (Å²) in [5, 5.41) is 2.19. The number of fused-ring (bicyclic) bond motifs is 1. The van der Waals surface area contributed by atoms with Crippen LogP contribution in [-0.2, 0) is 20.5 Å². The molecule has 1 N–H and O–H groups in total. The molecule has 1 aliphatic rings. The quantitative estimate of drug-likeness (QED) is 0.593. The average Bonchev–Trinajstić information content (AvgIpc) is 2.96. The molecule has 0 radical (unpaired) electrons. The fourth-order valence-electron chi connectivity index (χ4n) is 2.89. The number of halogens is 3. The lowest BCUT2D eigenvalue weighted by Crippen LogP contribution is -2.44. The number of imide groups is 1. The SMILES string of the molecule is CC(C(=O)OCC(=O)Nc1cccc(C(F)(F)F)c1)N1C(=O)c2ccccc2C1=O. The summed E-state index contributed by atoms with van der Waals surface area (Å²) in [4.78, 5) is 49.6. The van der Waals surface area contributed by atoms with Gasteiger partial charge in [-0.3, -0.25) is 19.3 Å². The van der Waals surface area contributed by atoms with Crippen molar-refractivity contribution in [3.8, 4) is 0 Å². The normalized spacial score (nSPS) is 14.3. The molecule has 1 atom stereocenters. The number of nitrogens with zero attached hydrogens (tertiary/aromatic N) is 1. The summed E-state index contributed by atoms with van der Waals surface area (Å²) in [6.45, 7) is 0.470. The number of ether oxygens (including phenoxy) is 1. The molecular formula is C20H15F3N2O5. The van der Waals surface area contributed by atoms with Crippen LogP contribution in [-0.4, -0.2) is 41.2 Å². The number of benzene rings is 2. The van der Waals surface area contributed by atoms with Gasteiger partial charge in [-0.15, -0.1) is 0 Å². The van der Waals surface area contributed by atoms with Gasteiger partial charge in [-0.05, 0) is 37.3 Å². The Morgan fingerprint density at radius 3 is 2.20 bits per heavy atom. The number of carbonyl (C=O) groups excluding carboxylic acids is 4. The molecule has 10 heteroatoms. The van der Waals surface area contributed by atoms with Gasteiger partial charge in [0.05, 0.1) is 16.7 Å². The summed E-state index contributed by atoms with van der Waals surface area (Å²) >= 11 is 0. The number of hydrogen-bond acceptors (Lipinski definition) is 5. The van der Waals surface area contributed by atoms with Crippen LogP contribution in [0.4, 0.5) is 18.9 Å². The van der Waals surface area contributed by atoms with Crippen LogP contribution < -0.4 is 5.32 Å². The third-order valence-electron chi connectivity index (χ3n) is 4.37. The van der Waals surface area contributed by atoms with Crippen molar-refractivity contribution in [3.05, 3.63) is 65.2 Å². The van der Waals surface area contributed by atoms with E-state index in [0.29, 0.717) is 0 Å². The lowest BCUT2D eigenvalue weighted by molar-refractivity contribution is -0.150. The molecule has 0 spiro atoms. The van der Waals surface area contributed by atoms with E-state index >= 15 is 0 Å². The fraction of sp³-hybridized carbons (Fsp3) is 0.200. The van der Waals surface area contributed by atoms with Gasteiger partial charge in [0.15, 0.2) is 6.61 Å². The van der Waals surface area contributed by atoms with Crippen molar-refractivity contribution in [2.24, 2.45) is 0 Å². The Balaban J connectivity index is 1.59. The topological polar surface area (TPSA) is 92.8 Å². The number of rotatable bonds is 5. The van der Waals surface area contributed by atoms with Gasteiger partial charge in [0.1, 0.15) is 6.04 Å². The Morgan fingerprint density at radius 2 is 1.63 bits per heavy atom. The van der Waals surface area contributed by atoms with Crippen molar-refractivity contribution in [2.75, 3.05) is 11.9 Å². The summed E-state index contributed by atoms with van der Waals surface area (Å²) in [5.41, 5.74) is -0.760. The lowest BCUT2D eigenvalue weighted by atomic mass is 10.1. The Morgan fingerprint density at radius 1 is 1.03 bits per heavy atom. The van der Waals surface area contributed by atoms with E-state index < -0.39 is 48.1 Å². The van der Waals surface area contributed by atoms with Crippen molar-refractivity contribution < 1.29 is 37.1 Å². The van der Waals surface area contributed by atoms with Gasteiger partial charge >= 0.3 is 12.1 Å². The molecule has 3 rings (SSSR count). The third kappa shape index (κ3) is 4.17. The summed E-state index contributed by atoms with van der Waals surface area (Å²) in [5.74, 6) is -3.21. The Labute approximate surface area is 168 Å². The predicted octanol–water partition coefficient (Wildman–Crippen LogP) is 2.87. The van der Waals surface area contributed by atoms with Crippen molar-refractivity contribution in [2.45, 2.75) is 19.1 Å². The van der Waals surface area contributed by atoms with Gasteiger partial charge in [0, 0.05) is 5.69 Å². The van der Waals surface area contributed by atoms with Crippen molar-refractivity contribution in [1.82, 2.24) is 4.90 Å². The molecular weight excluding hydrogens is 405 g/mol. The number of anilines is 1. The maximum Gasteiger partial charge on any atom is 0.416 e. The second-order valence-electron chi connectivity index (χ2n) is 6.44. The van der Waals surface area contributed by atoms with Crippen LogP contribution in [0, 0.1) is 0 Å². The summed E-state index contributed by atoms with van der Waals surface area (Å²) in [6.07, 6.45) is -4.57. The molecule has 1 heterocycles. The minimum Gasteiger partial charge on any atom is -0.454 e. The molecule has 156 valence electrons. The van der Waals surface area contributed by atoms with Gasteiger partial charge < -0.3 is 10.1 Å². The second kappa shape index (κ2) is 7.97. The predicted molar refractivity (Wildman–Crippen MR) is 97.4 cm³/mol. The first-order chi connectivity index (χ1) is 14.1. The van der Waals surface area contributed by atoms with Gasteiger partial charge in [-0.2, -0.15) is 13.2 Å². The number of amides is 3. The molecule has 0 aromatic heterocycles. The maximum atomic E-state index is 12.7. The number of alkyl halides is 3. The molecule has 1 unspecified atom stereocenters. The van der Waals surface area contributed by atoms with Crippen molar-refractivity contribution >= 4 is 29.4 Å². The molecule has 3 amide bonds. The van der Waals surface area contributed by atoms with Crippen LogP contribution >= 0.6 is 0 Å². The van der Waals surface area contributed by atoms with Crippen molar-refractivity contribution in [1.29, 1.82) is 0 Å². The molecule has 1 aliphatic heterocycles. The van der Waals surface area contributed by atoms with Gasteiger partial charge in [0.25, 0.3) is 17.7 Å². The van der Waals surface area contributed by atoms with E-state index in [2.05, 4.69) is 5.32 Å². The third-order valence-corrected chi connectivity index (χ3v) is 4.37. The molecule has 30 heavy (non-hydrogen) atoms. The molecule has 0 aliphatic carbocycles. The molecule has 0 fully saturated rings. The highest BCUT2D eigenvalue weighted by atomic mass is 19.4. The van der Waals surface area contributed by atoms with E-state index in [1.54, 1.807) is 12.1 Å². The lowest BCUT2D eigenvalue weighted by Gasteiger charge is -2.20. The summed E-state index contributed by atoms with van der Waals surface area (Å²) in [7, 11) is 0. The number of carbonyl (C=O) groups is 4. The Hall–Kier alpha value is -3.69. The Kier molecular flexibility index (Phi) is 5.59. The first-order valence-electron chi connectivity index (χ1n) is 8.70. The highest BCUT2D eigenvalue weighted by Crippen LogP contribution is 2.30. The fourth-order valence-corrected chi connectivity index (χ4v) is 2.89. The van der Waals surface area contributed by atoms with Gasteiger partial charge in [-0.1, -0.05) is 18.2 Å². The average molecular weight is 420 g/mol. The highest BCUT2D eigenvalue weighted by molar-refractivity contribution is 6.22. The van der Waals surface area contributed by atoms with Crippen LogP contribution in [0.25, 0.3) is 0 Å². The smallest absolute Gasteiger partial charge is 0.416 e. The maximum absolute atomic E-state index is 12.7. The van der Waals surface area contributed by atoms with E-state index in [9.17, 15) is 32.3 Å². The van der Waals surface area contributed by atoms with Crippen LogP contribution in [0.3, 0.4) is 0 Å². The first kappa shape index (κ1) is 21.0. The molecule has 0 saturated carbocycles. The zero-order valence-electron chi connectivity index (χ0n) is 15.5. The van der Waals surface area contributed by atoms with E-state index in [1.807, 2.05) is 0 Å². The number of esters is 1. The largest absolute Gasteiger partial charge is 0.454 e. The summed E-state index contributed by atoms with van der Waals surface area (Å²) in [6, 6.07) is 8.72. The Bertz CT molecular complexity index is 1000. The van der Waals surface area contributed by atoms with Crippen LogP contribution in [0.5, 0.6) is 0 Å².